The Morgan fingerprint density at radius 2 is 2.20 bits per heavy atom. The molecule has 0 bridgehead atoms. The molecule has 1 heterocycles. The molecular weight excluding hydrogens is 188 g/mol. The van der Waals surface area contributed by atoms with Crippen LogP contribution < -0.4 is 5.73 Å². The molecule has 0 aliphatic carbocycles. The van der Waals surface area contributed by atoms with Crippen molar-refractivity contribution in [2.75, 3.05) is 20.1 Å². The molecule has 1 aromatic heterocycles. The quantitative estimate of drug-likeness (QED) is 0.789. The lowest BCUT2D eigenvalue weighted by atomic mass is 10.0. The molecule has 0 fully saturated rings. The van der Waals surface area contributed by atoms with Crippen molar-refractivity contribution in [2.45, 2.75) is 32.9 Å². The van der Waals surface area contributed by atoms with Crippen molar-refractivity contribution in [1.29, 1.82) is 0 Å². The molecule has 1 rings (SSSR count). The van der Waals surface area contributed by atoms with Crippen molar-refractivity contribution < 1.29 is 0 Å². The zero-order valence-electron chi connectivity index (χ0n) is 10.2. The minimum Gasteiger partial charge on any atom is -0.332 e. The van der Waals surface area contributed by atoms with Crippen LogP contribution in [0.2, 0.25) is 0 Å². The summed E-state index contributed by atoms with van der Waals surface area (Å²) in [6.45, 7) is 9.20. The van der Waals surface area contributed by atoms with Crippen LogP contribution in [-0.4, -0.2) is 34.6 Å². The Kier molecular flexibility index (Phi) is 3.88. The van der Waals surface area contributed by atoms with E-state index in [-0.39, 0.29) is 5.54 Å². The summed E-state index contributed by atoms with van der Waals surface area (Å²) in [5.74, 6) is 0. The van der Waals surface area contributed by atoms with Gasteiger partial charge in [-0.25, -0.2) is 4.98 Å². The van der Waals surface area contributed by atoms with Gasteiger partial charge in [0, 0.05) is 19.3 Å². The van der Waals surface area contributed by atoms with Crippen LogP contribution in [0.25, 0.3) is 0 Å². The summed E-state index contributed by atoms with van der Waals surface area (Å²) >= 11 is 0. The summed E-state index contributed by atoms with van der Waals surface area (Å²) in [7, 11) is 2.12. The number of likely N-dealkylation sites (N-methyl/N-ethyl adjacent to an activating group) is 1. The van der Waals surface area contributed by atoms with E-state index in [1.54, 1.807) is 0 Å². The van der Waals surface area contributed by atoms with E-state index >= 15 is 0 Å². The summed E-state index contributed by atoms with van der Waals surface area (Å²) in [5.41, 5.74) is 6.84. The first-order valence-electron chi connectivity index (χ1n) is 5.43. The van der Waals surface area contributed by atoms with E-state index in [1.165, 1.54) is 0 Å². The fourth-order valence-electron chi connectivity index (χ4n) is 1.47. The summed E-state index contributed by atoms with van der Waals surface area (Å²) in [6, 6.07) is 0. The van der Waals surface area contributed by atoms with Gasteiger partial charge in [-0.15, -0.1) is 0 Å². The van der Waals surface area contributed by atoms with E-state index < -0.39 is 0 Å². The molecule has 4 heteroatoms. The number of imidazole rings is 1. The van der Waals surface area contributed by atoms with E-state index in [2.05, 4.69) is 28.4 Å². The first kappa shape index (κ1) is 12.2. The van der Waals surface area contributed by atoms with Crippen LogP contribution in [0.15, 0.2) is 12.5 Å². The average molecular weight is 210 g/mol. The maximum absolute atomic E-state index is 6.07. The van der Waals surface area contributed by atoms with Gasteiger partial charge >= 0.3 is 0 Å². The van der Waals surface area contributed by atoms with Crippen molar-refractivity contribution >= 4 is 0 Å². The molecule has 0 spiro atoms. The Morgan fingerprint density at radius 1 is 1.53 bits per heavy atom. The number of hydrogen-bond donors (Lipinski definition) is 1. The van der Waals surface area contributed by atoms with Crippen molar-refractivity contribution in [3.63, 3.8) is 0 Å². The van der Waals surface area contributed by atoms with E-state index in [4.69, 9.17) is 5.73 Å². The van der Waals surface area contributed by atoms with Crippen LogP contribution in [0.3, 0.4) is 0 Å². The number of nitrogens with zero attached hydrogens (tertiary/aromatic N) is 3. The molecule has 0 saturated heterocycles. The molecule has 0 saturated carbocycles. The second-order valence-corrected chi connectivity index (χ2v) is 4.59. The van der Waals surface area contributed by atoms with Gasteiger partial charge in [-0.1, -0.05) is 6.92 Å². The van der Waals surface area contributed by atoms with Crippen molar-refractivity contribution in [2.24, 2.45) is 5.73 Å². The standard InChI is InChI=1S/C11H22N4/c1-5-14(4)6-7-15-9-13-8-10(15)11(2,3)12/h8-9H,5-7,12H2,1-4H3. The third-order valence-electron chi connectivity index (χ3n) is 2.63. The molecule has 0 aliphatic heterocycles. The largest absolute Gasteiger partial charge is 0.332 e. The van der Waals surface area contributed by atoms with E-state index in [0.717, 1.165) is 25.3 Å². The molecule has 1 aromatic rings. The lowest BCUT2D eigenvalue weighted by Gasteiger charge is -2.22. The van der Waals surface area contributed by atoms with Gasteiger partial charge in [0.2, 0.25) is 0 Å². The monoisotopic (exact) mass is 210 g/mol. The molecule has 0 unspecified atom stereocenters. The Labute approximate surface area is 92.1 Å². The van der Waals surface area contributed by atoms with Crippen LogP contribution in [-0.2, 0) is 12.1 Å². The third-order valence-corrected chi connectivity index (χ3v) is 2.63. The van der Waals surface area contributed by atoms with Crippen molar-refractivity contribution in [3.05, 3.63) is 18.2 Å². The maximum Gasteiger partial charge on any atom is 0.0949 e. The van der Waals surface area contributed by atoms with E-state index in [9.17, 15) is 0 Å². The van der Waals surface area contributed by atoms with Gasteiger partial charge in [-0.2, -0.15) is 0 Å². The molecule has 0 amide bonds. The predicted molar refractivity (Wildman–Crippen MR) is 62.6 cm³/mol. The van der Waals surface area contributed by atoms with Crippen LogP contribution in [0.4, 0.5) is 0 Å². The minimum absolute atomic E-state index is 0.318. The zero-order chi connectivity index (χ0) is 11.5. The summed E-state index contributed by atoms with van der Waals surface area (Å²) in [5, 5.41) is 0. The Balaban J connectivity index is 2.66. The highest BCUT2D eigenvalue weighted by Crippen LogP contribution is 2.15. The normalized spacial score (nSPS) is 12.4. The van der Waals surface area contributed by atoms with Gasteiger partial charge in [-0.05, 0) is 27.4 Å². The van der Waals surface area contributed by atoms with Gasteiger partial charge in [0.25, 0.3) is 0 Å². The zero-order valence-corrected chi connectivity index (χ0v) is 10.2. The fraction of sp³-hybridized carbons (Fsp3) is 0.727. The molecule has 15 heavy (non-hydrogen) atoms. The highest BCUT2D eigenvalue weighted by atomic mass is 15.1. The van der Waals surface area contributed by atoms with Gasteiger partial charge in [0.05, 0.1) is 17.6 Å². The Hall–Kier alpha value is -0.870. The van der Waals surface area contributed by atoms with Crippen LogP contribution in [0.1, 0.15) is 26.5 Å². The van der Waals surface area contributed by atoms with Crippen molar-refractivity contribution in [3.8, 4) is 0 Å². The number of nitrogens with two attached hydrogens (primary N) is 1. The molecule has 0 aliphatic rings. The van der Waals surface area contributed by atoms with E-state index in [0.29, 0.717) is 0 Å². The predicted octanol–water partition coefficient (Wildman–Crippen LogP) is 1.03. The lowest BCUT2D eigenvalue weighted by molar-refractivity contribution is 0.328. The van der Waals surface area contributed by atoms with Gasteiger partial charge < -0.3 is 15.2 Å². The molecule has 86 valence electrons. The third kappa shape index (κ3) is 3.32. The Bertz CT molecular complexity index is 298. The maximum atomic E-state index is 6.07. The lowest BCUT2D eigenvalue weighted by Crippen LogP contribution is -2.33. The van der Waals surface area contributed by atoms with Crippen LogP contribution >= 0.6 is 0 Å². The number of hydrogen-bond acceptors (Lipinski definition) is 3. The first-order valence-corrected chi connectivity index (χ1v) is 5.43. The van der Waals surface area contributed by atoms with E-state index in [1.807, 2.05) is 26.4 Å². The van der Waals surface area contributed by atoms with Crippen molar-refractivity contribution in [1.82, 2.24) is 14.5 Å². The highest BCUT2D eigenvalue weighted by molar-refractivity contribution is 5.09. The second kappa shape index (κ2) is 4.77. The SMILES string of the molecule is CCN(C)CCn1cncc1C(C)(C)N. The average Bonchev–Trinajstić information content (AvgIpc) is 2.61. The summed E-state index contributed by atoms with van der Waals surface area (Å²) < 4.78 is 2.13. The van der Waals surface area contributed by atoms with Gasteiger partial charge in [0.1, 0.15) is 0 Å². The van der Waals surface area contributed by atoms with Gasteiger partial charge in [0.15, 0.2) is 0 Å². The fourth-order valence-corrected chi connectivity index (χ4v) is 1.47. The smallest absolute Gasteiger partial charge is 0.0949 e. The molecular formula is C11H22N4. The number of rotatable bonds is 5. The molecule has 0 atom stereocenters. The molecule has 2 N–H and O–H groups in total. The first-order chi connectivity index (χ1) is 6.95. The molecule has 0 radical (unpaired) electrons. The Morgan fingerprint density at radius 3 is 2.73 bits per heavy atom. The van der Waals surface area contributed by atoms with Crippen LogP contribution in [0.5, 0.6) is 0 Å². The summed E-state index contributed by atoms with van der Waals surface area (Å²) in [6.07, 6.45) is 3.71. The second-order valence-electron chi connectivity index (χ2n) is 4.59. The summed E-state index contributed by atoms with van der Waals surface area (Å²) in [4.78, 5) is 6.43. The van der Waals surface area contributed by atoms with Crippen LogP contribution in [0, 0.1) is 0 Å². The minimum atomic E-state index is -0.318. The number of aromatic nitrogens is 2. The topological polar surface area (TPSA) is 47.1 Å². The van der Waals surface area contributed by atoms with Gasteiger partial charge in [-0.3, -0.25) is 0 Å². The molecule has 0 aromatic carbocycles. The molecule has 4 nitrogen and oxygen atoms in total. The highest BCUT2D eigenvalue weighted by Gasteiger charge is 2.18.